The zero-order valence-electron chi connectivity index (χ0n) is 11.5. The Morgan fingerprint density at radius 2 is 2.00 bits per heavy atom. The Labute approximate surface area is 119 Å². The number of aliphatic hydroxyl groups is 1. The van der Waals surface area contributed by atoms with E-state index in [1.165, 1.54) is 0 Å². The highest BCUT2D eigenvalue weighted by Gasteiger charge is 2.31. The minimum absolute atomic E-state index is 0.104. The van der Waals surface area contributed by atoms with Crippen molar-refractivity contribution in [3.05, 3.63) is 29.8 Å². The average Bonchev–Trinajstić information content (AvgIpc) is 2.79. The smallest absolute Gasteiger partial charge is 0.261 e. The number of ether oxygens (including phenoxy) is 1. The summed E-state index contributed by atoms with van der Waals surface area (Å²) in [4.78, 5) is 12.3. The first-order valence-corrected chi connectivity index (χ1v) is 7.47. The molecule has 20 heavy (non-hydrogen) atoms. The molecule has 3 unspecified atom stereocenters. The summed E-state index contributed by atoms with van der Waals surface area (Å²) in [5.74, 6) is 0.696. The van der Waals surface area contributed by atoms with E-state index >= 15 is 0 Å². The second-order valence-electron chi connectivity index (χ2n) is 5.74. The highest BCUT2D eigenvalue weighted by atomic mass is 16.5. The predicted octanol–water partition coefficient (Wildman–Crippen LogP) is 1.80. The van der Waals surface area contributed by atoms with Crippen molar-refractivity contribution >= 4 is 5.91 Å². The first kappa shape index (κ1) is 13.4. The molecule has 3 atom stereocenters. The van der Waals surface area contributed by atoms with Crippen molar-refractivity contribution in [2.75, 3.05) is 0 Å². The van der Waals surface area contributed by atoms with Crippen molar-refractivity contribution in [3.8, 4) is 5.75 Å². The lowest BCUT2D eigenvalue weighted by atomic mass is 10.0. The number of fused-ring (bicyclic) bond motifs is 1. The number of hydrogen-bond acceptors (Lipinski definition) is 3. The number of aliphatic hydroxyl groups excluding tert-OH is 1. The summed E-state index contributed by atoms with van der Waals surface area (Å²) in [6.45, 7) is 0. The van der Waals surface area contributed by atoms with Gasteiger partial charge in [0.25, 0.3) is 5.91 Å². The number of rotatable bonds is 2. The molecule has 0 saturated heterocycles. The summed E-state index contributed by atoms with van der Waals surface area (Å²) < 4.78 is 5.68. The van der Waals surface area contributed by atoms with Gasteiger partial charge in [-0.3, -0.25) is 4.79 Å². The van der Waals surface area contributed by atoms with Crippen LogP contribution in [0.4, 0.5) is 0 Å². The molecule has 1 aromatic rings. The predicted molar refractivity (Wildman–Crippen MR) is 75.6 cm³/mol. The maximum Gasteiger partial charge on any atom is 0.261 e. The van der Waals surface area contributed by atoms with Crippen molar-refractivity contribution in [2.24, 2.45) is 0 Å². The third kappa shape index (κ3) is 2.80. The fourth-order valence-electron chi connectivity index (χ4n) is 3.06. The quantitative estimate of drug-likeness (QED) is 0.809. The number of carbonyl (C=O) groups excluding carboxylic acids is 1. The van der Waals surface area contributed by atoms with Crippen molar-refractivity contribution in [1.29, 1.82) is 0 Å². The van der Waals surface area contributed by atoms with Crippen molar-refractivity contribution in [3.63, 3.8) is 0 Å². The van der Waals surface area contributed by atoms with Crippen LogP contribution < -0.4 is 10.1 Å². The van der Waals surface area contributed by atoms with Crippen LogP contribution in [-0.2, 0) is 11.2 Å². The molecule has 1 aliphatic heterocycles. The van der Waals surface area contributed by atoms with Gasteiger partial charge in [-0.15, -0.1) is 0 Å². The summed E-state index contributed by atoms with van der Waals surface area (Å²) in [7, 11) is 0. The number of para-hydroxylation sites is 1. The average molecular weight is 275 g/mol. The molecule has 2 aliphatic rings. The first-order valence-electron chi connectivity index (χ1n) is 7.47. The number of hydrogen-bond donors (Lipinski definition) is 2. The second kappa shape index (κ2) is 5.83. The molecule has 0 spiro atoms. The topological polar surface area (TPSA) is 58.6 Å². The third-order valence-corrected chi connectivity index (χ3v) is 4.25. The van der Waals surface area contributed by atoms with Crippen molar-refractivity contribution < 1.29 is 14.6 Å². The standard InChI is InChI=1S/C16H21NO3/c18-13-8-3-1-2-7-12(13)17-16(19)15-10-11-6-4-5-9-14(11)20-15/h4-6,9,12-13,15,18H,1-3,7-8,10H2,(H,17,19). The van der Waals surface area contributed by atoms with E-state index in [2.05, 4.69) is 5.32 Å². The normalized spacial score (nSPS) is 29.1. The molecule has 1 aromatic carbocycles. The van der Waals surface area contributed by atoms with E-state index < -0.39 is 12.2 Å². The minimum Gasteiger partial charge on any atom is -0.480 e. The van der Waals surface area contributed by atoms with Crippen molar-refractivity contribution in [1.82, 2.24) is 5.32 Å². The SMILES string of the molecule is O=C(NC1CCCCCC1O)C1Cc2ccccc2O1. The molecule has 3 rings (SSSR count). The Morgan fingerprint density at radius 1 is 1.20 bits per heavy atom. The van der Waals surface area contributed by atoms with Gasteiger partial charge in [0.05, 0.1) is 12.1 Å². The molecule has 4 nitrogen and oxygen atoms in total. The van der Waals surface area contributed by atoms with E-state index in [1.54, 1.807) is 0 Å². The Hall–Kier alpha value is -1.55. The molecular formula is C16H21NO3. The van der Waals surface area contributed by atoms with Crippen LogP contribution in [0.15, 0.2) is 24.3 Å². The van der Waals surface area contributed by atoms with Crippen LogP contribution in [-0.4, -0.2) is 29.3 Å². The maximum atomic E-state index is 12.3. The Morgan fingerprint density at radius 3 is 2.85 bits per heavy atom. The van der Waals surface area contributed by atoms with Crippen LogP contribution >= 0.6 is 0 Å². The van der Waals surface area contributed by atoms with Crippen LogP contribution in [0.2, 0.25) is 0 Å². The van der Waals surface area contributed by atoms with Gasteiger partial charge in [0.1, 0.15) is 5.75 Å². The van der Waals surface area contributed by atoms with Gasteiger partial charge in [0, 0.05) is 6.42 Å². The highest BCUT2D eigenvalue weighted by molar-refractivity contribution is 5.82. The second-order valence-corrected chi connectivity index (χ2v) is 5.74. The molecule has 0 bridgehead atoms. The van der Waals surface area contributed by atoms with Gasteiger partial charge in [-0.05, 0) is 24.5 Å². The number of amides is 1. The molecule has 1 aliphatic carbocycles. The lowest BCUT2D eigenvalue weighted by Crippen LogP contribution is -2.48. The molecule has 1 heterocycles. The molecule has 1 saturated carbocycles. The molecule has 2 N–H and O–H groups in total. The van der Waals surface area contributed by atoms with Crippen LogP contribution in [0, 0.1) is 0 Å². The molecule has 1 fully saturated rings. The Kier molecular flexibility index (Phi) is 3.92. The Bertz CT molecular complexity index is 463. The van der Waals surface area contributed by atoms with E-state index in [9.17, 15) is 9.90 Å². The molecule has 1 amide bonds. The van der Waals surface area contributed by atoms with Gasteiger partial charge in [0.15, 0.2) is 6.10 Å². The number of benzene rings is 1. The molecule has 108 valence electrons. The third-order valence-electron chi connectivity index (χ3n) is 4.25. The molecular weight excluding hydrogens is 254 g/mol. The van der Waals surface area contributed by atoms with Crippen LogP contribution in [0.3, 0.4) is 0 Å². The van der Waals surface area contributed by atoms with E-state index in [1.807, 2.05) is 24.3 Å². The van der Waals surface area contributed by atoms with Crippen LogP contribution in [0.5, 0.6) is 5.75 Å². The monoisotopic (exact) mass is 275 g/mol. The zero-order valence-corrected chi connectivity index (χ0v) is 11.5. The van der Waals surface area contributed by atoms with Gasteiger partial charge < -0.3 is 15.2 Å². The minimum atomic E-state index is -0.456. The van der Waals surface area contributed by atoms with E-state index in [4.69, 9.17) is 4.74 Å². The molecule has 0 aromatic heterocycles. The van der Waals surface area contributed by atoms with Crippen LogP contribution in [0.25, 0.3) is 0 Å². The summed E-state index contributed by atoms with van der Waals surface area (Å²) in [5.41, 5.74) is 1.08. The van der Waals surface area contributed by atoms with Crippen molar-refractivity contribution in [2.45, 2.75) is 56.8 Å². The fourth-order valence-corrected chi connectivity index (χ4v) is 3.06. The molecule has 4 heteroatoms. The maximum absolute atomic E-state index is 12.3. The van der Waals surface area contributed by atoms with E-state index in [0.29, 0.717) is 6.42 Å². The summed E-state index contributed by atoms with van der Waals surface area (Å²) in [6, 6.07) is 7.62. The summed E-state index contributed by atoms with van der Waals surface area (Å²) in [5, 5.41) is 13.0. The zero-order chi connectivity index (χ0) is 13.9. The molecule has 0 radical (unpaired) electrons. The lowest BCUT2D eigenvalue weighted by Gasteiger charge is -2.23. The fraction of sp³-hybridized carbons (Fsp3) is 0.562. The van der Waals surface area contributed by atoms with Gasteiger partial charge >= 0.3 is 0 Å². The van der Waals surface area contributed by atoms with E-state index in [0.717, 1.165) is 43.4 Å². The number of nitrogens with one attached hydrogen (secondary N) is 1. The van der Waals surface area contributed by atoms with Gasteiger partial charge in [0.2, 0.25) is 0 Å². The Balaban J connectivity index is 1.60. The number of carbonyl (C=O) groups is 1. The highest BCUT2D eigenvalue weighted by Crippen LogP contribution is 2.28. The van der Waals surface area contributed by atoms with Gasteiger partial charge in [-0.2, -0.15) is 0 Å². The van der Waals surface area contributed by atoms with E-state index in [-0.39, 0.29) is 11.9 Å². The van der Waals surface area contributed by atoms with Crippen LogP contribution in [0.1, 0.15) is 37.7 Å². The first-order chi connectivity index (χ1) is 9.74. The lowest BCUT2D eigenvalue weighted by molar-refractivity contribution is -0.128. The largest absolute Gasteiger partial charge is 0.480 e. The van der Waals surface area contributed by atoms with Gasteiger partial charge in [-0.1, -0.05) is 37.5 Å². The summed E-state index contributed by atoms with van der Waals surface area (Å²) >= 11 is 0. The van der Waals surface area contributed by atoms with Gasteiger partial charge in [-0.25, -0.2) is 0 Å². The summed E-state index contributed by atoms with van der Waals surface area (Å²) in [6.07, 6.45) is 4.60.